The quantitative estimate of drug-likeness (QED) is 0.629. The first-order valence-corrected chi connectivity index (χ1v) is 8.89. The maximum absolute atomic E-state index is 13.7. The standard InChI is InChI=1S/C20H20FN3O4/c1-3-16(27-17-8-6-5-7-15(17)21)18(25)22-20-23-19(28-24-20)13-9-11-14(12-10-13)26-4-2/h5-12,16H,3-4H2,1-2H3,(H,22,24,25)/t16-/m1/s1. The fourth-order valence-electron chi connectivity index (χ4n) is 2.46. The molecule has 8 heteroatoms. The highest BCUT2D eigenvalue weighted by Crippen LogP contribution is 2.22. The molecule has 3 aromatic rings. The van der Waals surface area contributed by atoms with Gasteiger partial charge in [-0.2, -0.15) is 4.98 Å². The summed E-state index contributed by atoms with van der Waals surface area (Å²) in [6.45, 7) is 4.23. The van der Waals surface area contributed by atoms with E-state index in [1.165, 1.54) is 12.1 Å². The zero-order valence-electron chi connectivity index (χ0n) is 15.5. The molecule has 7 nitrogen and oxygen atoms in total. The van der Waals surface area contributed by atoms with Gasteiger partial charge in [0, 0.05) is 5.56 Å². The van der Waals surface area contributed by atoms with E-state index in [0.717, 1.165) is 5.75 Å². The summed E-state index contributed by atoms with van der Waals surface area (Å²) in [7, 11) is 0. The number of para-hydroxylation sites is 1. The van der Waals surface area contributed by atoms with Crippen molar-refractivity contribution in [3.63, 3.8) is 0 Å². The number of nitrogens with one attached hydrogen (secondary N) is 1. The Morgan fingerprint density at radius 2 is 1.93 bits per heavy atom. The van der Waals surface area contributed by atoms with E-state index in [1.54, 1.807) is 43.3 Å². The number of benzene rings is 2. The van der Waals surface area contributed by atoms with Gasteiger partial charge in [-0.05, 0) is 54.9 Å². The fourth-order valence-corrected chi connectivity index (χ4v) is 2.46. The molecule has 0 aliphatic carbocycles. The van der Waals surface area contributed by atoms with Gasteiger partial charge in [0.2, 0.25) is 0 Å². The highest BCUT2D eigenvalue weighted by atomic mass is 19.1. The summed E-state index contributed by atoms with van der Waals surface area (Å²) in [6, 6.07) is 13.0. The van der Waals surface area contributed by atoms with Crippen LogP contribution in [0.3, 0.4) is 0 Å². The molecule has 0 fully saturated rings. The van der Waals surface area contributed by atoms with Gasteiger partial charge < -0.3 is 14.0 Å². The van der Waals surface area contributed by atoms with E-state index in [4.69, 9.17) is 14.0 Å². The number of ether oxygens (including phenoxy) is 2. The number of rotatable bonds is 8. The van der Waals surface area contributed by atoms with Crippen LogP contribution in [-0.2, 0) is 4.79 Å². The molecule has 1 amide bonds. The van der Waals surface area contributed by atoms with E-state index in [1.807, 2.05) is 6.92 Å². The van der Waals surface area contributed by atoms with Crippen LogP contribution in [0.15, 0.2) is 53.1 Å². The lowest BCUT2D eigenvalue weighted by molar-refractivity contribution is -0.123. The SMILES string of the molecule is CCOc1ccc(-c2nc(NC(=O)[C@@H](CC)Oc3ccccc3F)no2)cc1. The van der Waals surface area contributed by atoms with Crippen LogP contribution >= 0.6 is 0 Å². The van der Waals surface area contributed by atoms with Crippen LogP contribution in [0.5, 0.6) is 11.5 Å². The second-order valence-corrected chi connectivity index (χ2v) is 5.81. The molecule has 0 saturated heterocycles. The van der Waals surface area contributed by atoms with E-state index in [9.17, 15) is 9.18 Å². The minimum Gasteiger partial charge on any atom is -0.494 e. The smallest absolute Gasteiger partial charge is 0.270 e. The predicted octanol–water partition coefficient (Wildman–Crippen LogP) is 4.07. The molecular weight excluding hydrogens is 365 g/mol. The Morgan fingerprint density at radius 3 is 2.61 bits per heavy atom. The van der Waals surface area contributed by atoms with Gasteiger partial charge in [-0.3, -0.25) is 10.1 Å². The van der Waals surface area contributed by atoms with Gasteiger partial charge in [-0.1, -0.05) is 19.1 Å². The number of nitrogens with zero attached hydrogens (tertiary/aromatic N) is 2. The van der Waals surface area contributed by atoms with Crippen LogP contribution in [0.2, 0.25) is 0 Å². The Balaban J connectivity index is 1.66. The normalized spacial score (nSPS) is 11.7. The number of aromatic nitrogens is 2. The van der Waals surface area contributed by atoms with E-state index >= 15 is 0 Å². The van der Waals surface area contributed by atoms with Crippen molar-refractivity contribution in [1.82, 2.24) is 10.1 Å². The highest BCUT2D eigenvalue weighted by Gasteiger charge is 2.22. The number of carbonyl (C=O) groups excluding carboxylic acids is 1. The average molecular weight is 385 g/mol. The van der Waals surface area contributed by atoms with E-state index < -0.39 is 17.8 Å². The van der Waals surface area contributed by atoms with Gasteiger partial charge in [0.15, 0.2) is 17.7 Å². The minimum atomic E-state index is -0.899. The van der Waals surface area contributed by atoms with Gasteiger partial charge in [-0.25, -0.2) is 4.39 Å². The van der Waals surface area contributed by atoms with E-state index in [2.05, 4.69) is 15.5 Å². The Labute approximate surface area is 161 Å². The summed E-state index contributed by atoms with van der Waals surface area (Å²) >= 11 is 0. The molecule has 0 radical (unpaired) electrons. The first-order chi connectivity index (χ1) is 13.6. The molecule has 0 saturated carbocycles. The summed E-state index contributed by atoms with van der Waals surface area (Å²) in [5.74, 6) is -0.0372. The van der Waals surface area contributed by atoms with Crippen molar-refractivity contribution in [2.75, 3.05) is 11.9 Å². The molecule has 1 N–H and O–H groups in total. The first-order valence-electron chi connectivity index (χ1n) is 8.89. The van der Waals surface area contributed by atoms with Crippen molar-refractivity contribution in [1.29, 1.82) is 0 Å². The summed E-state index contributed by atoms with van der Waals surface area (Å²) in [5.41, 5.74) is 0.686. The number of amides is 1. The van der Waals surface area contributed by atoms with Crippen LogP contribution in [0.4, 0.5) is 10.3 Å². The lowest BCUT2D eigenvalue weighted by Crippen LogP contribution is -2.33. The first kappa shape index (κ1) is 19.3. The molecule has 0 bridgehead atoms. The third kappa shape index (κ3) is 4.64. The van der Waals surface area contributed by atoms with Crippen LogP contribution in [-0.4, -0.2) is 28.8 Å². The Morgan fingerprint density at radius 1 is 1.18 bits per heavy atom. The molecule has 1 heterocycles. The molecule has 146 valence electrons. The molecule has 2 aromatic carbocycles. The third-order valence-corrected chi connectivity index (χ3v) is 3.84. The topological polar surface area (TPSA) is 86.5 Å². The van der Waals surface area contributed by atoms with Crippen LogP contribution < -0.4 is 14.8 Å². The monoisotopic (exact) mass is 385 g/mol. The maximum Gasteiger partial charge on any atom is 0.270 e. The van der Waals surface area contributed by atoms with Gasteiger partial charge >= 0.3 is 0 Å². The number of hydrogen-bond donors (Lipinski definition) is 1. The predicted molar refractivity (Wildman–Crippen MR) is 101 cm³/mol. The molecule has 0 spiro atoms. The van der Waals surface area contributed by atoms with Gasteiger partial charge in [0.1, 0.15) is 5.75 Å². The molecule has 0 unspecified atom stereocenters. The largest absolute Gasteiger partial charge is 0.494 e. The zero-order valence-corrected chi connectivity index (χ0v) is 15.5. The third-order valence-electron chi connectivity index (χ3n) is 3.84. The van der Waals surface area contributed by atoms with Crippen LogP contribution in [0.25, 0.3) is 11.5 Å². The van der Waals surface area contributed by atoms with Crippen molar-refractivity contribution in [3.8, 4) is 23.0 Å². The molecule has 0 aliphatic rings. The Kier molecular flexibility index (Phi) is 6.21. The van der Waals surface area contributed by atoms with Crippen molar-refractivity contribution in [3.05, 3.63) is 54.3 Å². The van der Waals surface area contributed by atoms with Gasteiger partial charge in [-0.15, -0.1) is 0 Å². The molecule has 28 heavy (non-hydrogen) atoms. The second kappa shape index (κ2) is 8.98. The fraction of sp³-hybridized carbons (Fsp3) is 0.250. The van der Waals surface area contributed by atoms with Gasteiger partial charge in [0.25, 0.3) is 17.7 Å². The highest BCUT2D eigenvalue weighted by molar-refractivity contribution is 5.92. The molecular formula is C20H20FN3O4. The number of anilines is 1. The molecule has 1 atom stereocenters. The van der Waals surface area contributed by atoms with Crippen molar-refractivity contribution >= 4 is 11.9 Å². The van der Waals surface area contributed by atoms with Crippen LogP contribution in [0.1, 0.15) is 20.3 Å². The molecule has 0 aliphatic heterocycles. The summed E-state index contributed by atoms with van der Waals surface area (Å²) in [4.78, 5) is 16.6. The Hall–Kier alpha value is -3.42. The van der Waals surface area contributed by atoms with E-state index in [0.29, 0.717) is 18.6 Å². The van der Waals surface area contributed by atoms with Gasteiger partial charge in [0.05, 0.1) is 6.61 Å². The summed E-state index contributed by atoms with van der Waals surface area (Å²) in [5, 5.41) is 6.28. The van der Waals surface area contributed by atoms with Crippen molar-refractivity contribution < 1.29 is 23.2 Å². The minimum absolute atomic E-state index is 0.00414. The number of carbonyl (C=O) groups is 1. The zero-order chi connectivity index (χ0) is 19.9. The Bertz CT molecular complexity index is 927. The van der Waals surface area contributed by atoms with Crippen molar-refractivity contribution in [2.45, 2.75) is 26.4 Å². The summed E-state index contributed by atoms with van der Waals surface area (Å²) in [6.07, 6.45) is -0.562. The van der Waals surface area contributed by atoms with Crippen LogP contribution in [0, 0.1) is 5.82 Å². The van der Waals surface area contributed by atoms with Crippen molar-refractivity contribution in [2.24, 2.45) is 0 Å². The van der Waals surface area contributed by atoms with E-state index in [-0.39, 0.29) is 17.6 Å². The second-order valence-electron chi connectivity index (χ2n) is 5.81. The molecule has 3 rings (SSSR count). The lowest BCUT2D eigenvalue weighted by atomic mass is 10.2. The average Bonchev–Trinajstić information content (AvgIpc) is 3.16. The number of halogens is 1. The summed E-state index contributed by atoms with van der Waals surface area (Å²) < 4.78 is 29.8. The maximum atomic E-state index is 13.7. The molecule has 1 aromatic heterocycles. The lowest BCUT2D eigenvalue weighted by Gasteiger charge is -2.16. The number of hydrogen-bond acceptors (Lipinski definition) is 6.